The second kappa shape index (κ2) is 9.56. The van der Waals surface area contributed by atoms with E-state index < -0.39 is 11.9 Å². The number of carbonyl (C=O) groups is 2. The molecule has 0 N–H and O–H groups in total. The van der Waals surface area contributed by atoms with Gasteiger partial charge in [0.15, 0.2) is 0 Å². The van der Waals surface area contributed by atoms with Crippen molar-refractivity contribution < 1.29 is 23.8 Å². The summed E-state index contributed by atoms with van der Waals surface area (Å²) >= 11 is 0. The molecule has 0 heterocycles. The molecular weight excluding hydrogens is 380 g/mol. The third-order valence-corrected chi connectivity index (χ3v) is 4.56. The van der Waals surface area contributed by atoms with E-state index in [4.69, 9.17) is 14.2 Å². The van der Waals surface area contributed by atoms with E-state index in [0.29, 0.717) is 17.1 Å². The molecule has 0 spiro atoms. The van der Waals surface area contributed by atoms with Gasteiger partial charge in [-0.1, -0.05) is 43.0 Å². The van der Waals surface area contributed by atoms with Gasteiger partial charge in [0, 0.05) is 6.08 Å². The Bertz CT molecular complexity index is 1020. The first kappa shape index (κ1) is 20.9. The number of hydrogen-bond donors (Lipinski definition) is 0. The molecule has 0 aliphatic heterocycles. The molecule has 0 radical (unpaired) electrons. The SMILES string of the molecule is C=CC(=O)OC(C)c1ccc(-c2ccc(OC(=O)c3ccc(OC)cc3)cc2)cc1. The van der Waals surface area contributed by atoms with Crippen LogP contribution in [0.2, 0.25) is 0 Å². The van der Waals surface area contributed by atoms with Crippen LogP contribution < -0.4 is 9.47 Å². The van der Waals surface area contributed by atoms with Crippen molar-refractivity contribution in [1.29, 1.82) is 0 Å². The Morgan fingerprint density at radius 3 is 1.90 bits per heavy atom. The molecule has 0 fully saturated rings. The Morgan fingerprint density at radius 2 is 1.37 bits per heavy atom. The minimum Gasteiger partial charge on any atom is -0.497 e. The van der Waals surface area contributed by atoms with E-state index in [2.05, 4.69) is 6.58 Å². The standard InChI is InChI=1S/C25H22O5/c1-4-24(26)29-17(2)18-5-7-19(8-6-18)20-9-15-23(16-10-20)30-25(27)21-11-13-22(28-3)14-12-21/h4-17H,1H2,2-3H3. The van der Waals surface area contributed by atoms with Gasteiger partial charge in [0.25, 0.3) is 0 Å². The Hall–Kier alpha value is -3.86. The lowest BCUT2D eigenvalue weighted by molar-refractivity contribution is -0.142. The van der Waals surface area contributed by atoms with Gasteiger partial charge in [-0.2, -0.15) is 0 Å². The summed E-state index contributed by atoms with van der Waals surface area (Å²) in [5.41, 5.74) is 3.30. The summed E-state index contributed by atoms with van der Waals surface area (Å²) in [4.78, 5) is 23.6. The molecule has 3 rings (SSSR count). The molecular formula is C25H22O5. The van der Waals surface area contributed by atoms with E-state index in [9.17, 15) is 9.59 Å². The average molecular weight is 402 g/mol. The van der Waals surface area contributed by atoms with Crippen LogP contribution in [0.15, 0.2) is 85.5 Å². The quantitative estimate of drug-likeness (QED) is 0.302. The Kier molecular flexibility index (Phi) is 6.65. The zero-order chi connectivity index (χ0) is 21.5. The van der Waals surface area contributed by atoms with Gasteiger partial charge in [-0.15, -0.1) is 0 Å². The van der Waals surface area contributed by atoms with E-state index in [1.165, 1.54) is 0 Å². The van der Waals surface area contributed by atoms with Crippen molar-refractivity contribution in [1.82, 2.24) is 0 Å². The summed E-state index contributed by atoms with van der Waals surface area (Å²) in [7, 11) is 1.57. The van der Waals surface area contributed by atoms with Crippen LogP contribution in [0.25, 0.3) is 11.1 Å². The second-order valence-electron chi connectivity index (χ2n) is 6.55. The number of ether oxygens (including phenoxy) is 3. The first-order chi connectivity index (χ1) is 14.5. The number of hydrogen-bond acceptors (Lipinski definition) is 5. The minimum absolute atomic E-state index is 0.357. The van der Waals surface area contributed by atoms with Crippen molar-refractivity contribution in [3.05, 3.63) is 96.6 Å². The van der Waals surface area contributed by atoms with Gasteiger partial charge in [0.05, 0.1) is 12.7 Å². The van der Waals surface area contributed by atoms with Gasteiger partial charge in [0.1, 0.15) is 17.6 Å². The van der Waals surface area contributed by atoms with Gasteiger partial charge in [0.2, 0.25) is 0 Å². The van der Waals surface area contributed by atoms with Crippen molar-refractivity contribution in [2.24, 2.45) is 0 Å². The predicted octanol–water partition coefficient (Wildman–Crippen LogP) is 5.37. The fraction of sp³-hybridized carbons (Fsp3) is 0.120. The van der Waals surface area contributed by atoms with E-state index in [1.54, 1.807) is 43.5 Å². The summed E-state index contributed by atoms with van der Waals surface area (Å²) in [5.74, 6) is 0.250. The van der Waals surface area contributed by atoms with Crippen LogP contribution in [0.5, 0.6) is 11.5 Å². The molecule has 30 heavy (non-hydrogen) atoms. The molecule has 0 saturated carbocycles. The number of rotatable bonds is 7. The van der Waals surface area contributed by atoms with Crippen LogP contribution >= 0.6 is 0 Å². The van der Waals surface area contributed by atoms with Gasteiger partial charge in [-0.3, -0.25) is 0 Å². The van der Waals surface area contributed by atoms with Gasteiger partial charge < -0.3 is 14.2 Å². The molecule has 152 valence electrons. The normalized spacial score (nSPS) is 11.3. The molecule has 0 aliphatic rings. The maximum absolute atomic E-state index is 12.3. The lowest BCUT2D eigenvalue weighted by Crippen LogP contribution is -2.08. The maximum atomic E-state index is 12.3. The maximum Gasteiger partial charge on any atom is 0.343 e. The number of carbonyl (C=O) groups excluding carboxylic acids is 2. The van der Waals surface area contributed by atoms with E-state index in [-0.39, 0.29) is 6.10 Å². The summed E-state index contributed by atoms with van der Waals surface area (Å²) in [5, 5.41) is 0. The summed E-state index contributed by atoms with van der Waals surface area (Å²) in [6, 6.07) is 21.7. The number of benzene rings is 3. The number of esters is 2. The molecule has 0 bridgehead atoms. The van der Waals surface area contributed by atoms with Crippen molar-refractivity contribution in [3.8, 4) is 22.6 Å². The first-order valence-corrected chi connectivity index (χ1v) is 9.40. The minimum atomic E-state index is -0.452. The fourth-order valence-corrected chi connectivity index (χ4v) is 2.85. The third-order valence-electron chi connectivity index (χ3n) is 4.56. The van der Waals surface area contributed by atoms with Gasteiger partial charge >= 0.3 is 11.9 Å². The third kappa shape index (κ3) is 5.14. The highest BCUT2D eigenvalue weighted by molar-refractivity contribution is 5.91. The fourth-order valence-electron chi connectivity index (χ4n) is 2.85. The summed E-state index contributed by atoms with van der Waals surface area (Å²) in [6.45, 7) is 5.21. The molecule has 0 saturated heterocycles. The highest BCUT2D eigenvalue weighted by Gasteiger charge is 2.11. The van der Waals surface area contributed by atoms with Crippen molar-refractivity contribution >= 4 is 11.9 Å². The molecule has 5 nitrogen and oxygen atoms in total. The Morgan fingerprint density at radius 1 is 0.833 bits per heavy atom. The van der Waals surface area contributed by atoms with E-state index >= 15 is 0 Å². The van der Waals surface area contributed by atoms with Crippen LogP contribution in [0.4, 0.5) is 0 Å². The molecule has 0 aliphatic carbocycles. The lowest BCUT2D eigenvalue weighted by atomic mass is 10.0. The van der Waals surface area contributed by atoms with Crippen LogP contribution in [-0.2, 0) is 9.53 Å². The van der Waals surface area contributed by atoms with Crippen LogP contribution in [-0.4, -0.2) is 19.0 Å². The molecule has 0 amide bonds. The molecule has 1 atom stereocenters. The van der Waals surface area contributed by atoms with Gasteiger partial charge in [-0.05, 0) is 60.0 Å². The number of methoxy groups -OCH3 is 1. The predicted molar refractivity (Wildman–Crippen MR) is 115 cm³/mol. The summed E-state index contributed by atoms with van der Waals surface area (Å²) < 4.78 is 15.7. The lowest BCUT2D eigenvalue weighted by Gasteiger charge is -2.13. The smallest absolute Gasteiger partial charge is 0.343 e. The van der Waals surface area contributed by atoms with Crippen molar-refractivity contribution in [2.75, 3.05) is 7.11 Å². The Balaban J connectivity index is 1.65. The summed E-state index contributed by atoms with van der Waals surface area (Å²) in [6.07, 6.45) is 0.790. The van der Waals surface area contributed by atoms with Crippen molar-refractivity contribution in [3.63, 3.8) is 0 Å². The Labute approximate surface area is 175 Å². The van der Waals surface area contributed by atoms with Gasteiger partial charge in [-0.25, -0.2) is 9.59 Å². The largest absolute Gasteiger partial charge is 0.497 e. The monoisotopic (exact) mass is 402 g/mol. The highest BCUT2D eigenvalue weighted by Crippen LogP contribution is 2.26. The molecule has 5 heteroatoms. The zero-order valence-corrected chi connectivity index (χ0v) is 16.8. The average Bonchev–Trinajstić information content (AvgIpc) is 2.79. The van der Waals surface area contributed by atoms with Crippen LogP contribution in [0, 0.1) is 0 Å². The molecule has 0 aromatic heterocycles. The molecule has 3 aromatic rings. The highest BCUT2D eigenvalue weighted by atomic mass is 16.5. The van der Waals surface area contributed by atoms with Crippen LogP contribution in [0.3, 0.4) is 0 Å². The van der Waals surface area contributed by atoms with Crippen molar-refractivity contribution in [2.45, 2.75) is 13.0 Å². The van der Waals surface area contributed by atoms with E-state index in [0.717, 1.165) is 22.8 Å². The van der Waals surface area contributed by atoms with Crippen LogP contribution in [0.1, 0.15) is 28.9 Å². The first-order valence-electron chi connectivity index (χ1n) is 9.40. The molecule has 3 aromatic carbocycles. The zero-order valence-electron chi connectivity index (χ0n) is 16.8. The second-order valence-corrected chi connectivity index (χ2v) is 6.55. The topological polar surface area (TPSA) is 61.8 Å². The molecule has 1 unspecified atom stereocenters. The van der Waals surface area contributed by atoms with E-state index in [1.807, 2.05) is 43.3 Å².